The molecule has 2 unspecified atom stereocenters. The average molecular weight is 331 g/mol. The maximum atomic E-state index is 12.1. The molecule has 1 aromatic carbocycles. The summed E-state index contributed by atoms with van der Waals surface area (Å²) >= 11 is 5.85. The first kappa shape index (κ1) is 16.3. The van der Waals surface area contributed by atoms with Crippen molar-refractivity contribution in [3.05, 3.63) is 28.8 Å². The number of benzene rings is 1. The molecule has 2 atom stereocenters. The van der Waals surface area contributed by atoms with Crippen LogP contribution in [0.5, 0.6) is 0 Å². The SMILES string of the molecule is CC1CCCC1CNC(=O)c1cc(Cl)cc(S(N)(=O)=O)c1. The van der Waals surface area contributed by atoms with Crippen LogP contribution in [-0.2, 0) is 10.0 Å². The van der Waals surface area contributed by atoms with Crippen molar-refractivity contribution in [2.45, 2.75) is 31.1 Å². The van der Waals surface area contributed by atoms with E-state index in [0.717, 1.165) is 6.42 Å². The van der Waals surface area contributed by atoms with Gasteiger partial charge in [0, 0.05) is 17.1 Å². The second-order valence-corrected chi connectivity index (χ2v) is 7.60. The number of nitrogens with one attached hydrogen (secondary N) is 1. The van der Waals surface area contributed by atoms with Gasteiger partial charge in [-0.05, 0) is 36.5 Å². The fourth-order valence-electron chi connectivity index (χ4n) is 2.71. The van der Waals surface area contributed by atoms with Gasteiger partial charge < -0.3 is 5.32 Å². The third-order valence-corrected chi connectivity index (χ3v) is 5.14. The lowest BCUT2D eigenvalue weighted by Gasteiger charge is -2.16. The van der Waals surface area contributed by atoms with Crippen molar-refractivity contribution in [1.82, 2.24) is 5.32 Å². The first-order valence-electron chi connectivity index (χ1n) is 6.89. The first-order valence-corrected chi connectivity index (χ1v) is 8.81. The van der Waals surface area contributed by atoms with Gasteiger partial charge in [-0.25, -0.2) is 13.6 Å². The molecule has 1 saturated carbocycles. The molecule has 7 heteroatoms. The third-order valence-electron chi connectivity index (χ3n) is 4.03. The number of hydrogen-bond acceptors (Lipinski definition) is 3. The summed E-state index contributed by atoms with van der Waals surface area (Å²) in [6.45, 7) is 2.78. The summed E-state index contributed by atoms with van der Waals surface area (Å²) in [6.07, 6.45) is 3.49. The lowest BCUT2D eigenvalue weighted by atomic mass is 9.98. The van der Waals surface area contributed by atoms with Crippen LogP contribution in [0.25, 0.3) is 0 Å². The second kappa shape index (κ2) is 6.34. The second-order valence-electron chi connectivity index (χ2n) is 5.60. The number of halogens is 1. The summed E-state index contributed by atoms with van der Waals surface area (Å²) in [5.74, 6) is 0.747. The topological polar surface area (TPSA) is 89.3 Å². The van der Waals surface area contributed by atoms with E-state index >= 15 is 0 Å². The van der Waals surface area contributed by atoms with Gasteiger partial charge in [-0.15, -0.1) is 0 Å². The molecule has 0 aromatic heterocycles. The minimum Gasteiger partial charge on any atom is -0.352 e. The number of primary sulfonamides is 1. The molecule has 0 aliphatic heterocycles. The Morgan fingerprint density at radius 1 is 1.38 bits per heavy atom. The minimum atomic E-state index is -3.89. The summed E-state index contributed by atoms with van der Waals surface area (Å²) in [7, 11) is -3.89. The van der Waals surface area contributed by atoms with Crippen LogP contribution in [-0.4, -0.2) is 20.9 Å². The molecule has 1 aromatic rings. The summed E-state index contributed by atoms with van der Waals surface area (Å²) in [6, 6.07) is 3.91. The number of hydrogen-bond donors (Lipinski definition) is 2. The lowest BCUT2D eigenvalue weighted by Crippen LogP contribution is -2.30. The molecular weight excluding hydrogens is 312 g/mol. The molecule has 0 saturated heterocycles. The largest absolute Gasteiger partial charge is 0.352 e. The minimum absolute atomic E-state index is 0.158. The molecule has 1 amide bonds. The van der Waals surface area contributed by atoms with E-state index in [4.69, 9.17) is 16.7 Å². The Morgan fingerprint density at radius 3 is 2.67 bits per heavy atom. The maximum Gasteiger partial charge on any atom is 0.251 e. The van der Waals surface area contributed by atoms with E-state index in [1.165, 1.54) is 31.0 Å². The van der Waals surface area contributed by atoms with Crippen molar-refractivity contribution < 1.29 is 13.2 Å². The Hall–Kier alpha value is -1.11. The van der Waals surface area contributed by atoms with Crippen LogP contribution in [0.1, 0.15) is 36.5 Å². The molecule has 5 nitrogen and oxygen atoms in total. The van der Waals surface area contributed by atoms with Gasteiger partial charge in [0.15, 0.2) is 0 Å². The molecule has 116 valence electrons. The van der Waals surface area contributed by atoms with Gasteiger partial charge in [0.2, 0.25) is 10.0 Å². The zero-order valence-electron chi connectivity index (χ0n) is 11.8. The Morgan fingerprint density at radius 2 is 2.10 bits per heavy atom. The molecule has 1 aliphatic carbocycles. The number of carbonyl (C=O) groups excluding carboxylic acids is 1. The fraction of sp³-hybridized carbons (Fsp3) is 0.500. The van der Waals surface area contributed by atoms with Crippen molar-refractivity contribution >= 4 is 27.5 Å². The van der Waals surface area contributed by atoms with Crippen LogP contribution in [0.4, 0.5) is 0 Å². The molecule has 0 bridgehead atoms. The summed E-state index contributed by atoms with van der Waals surface area (Å²) in [5, 5.41) is 8.08. The molecule has 3 N–H and O–H groups in total. The summed E-state index contributed by atoms with van der Waals surface area (Å²) in [5.41, 5.74) is 0.206. The van der Waals surface area contributed by atoms with E-state index in [-0.39, 0.29) is 21.4 Å². The molecule has 0 radical (unpaired) electrons. The molecule has 1 fully saturated rings. The van der Waals surface area contributed by atoms with E-state index in [1.54, 1.807) is 0 Å². The molecule has 21 heavy (non-hydrogen) atoms. The highest BCUT2D eigenvalue weighted by molar-refractivity contribution is 7.89. The van der Waals surface area contributed by atoms with E-state index < -0.39 is 10.0 Å². The van der Waals surface area contributed by atoms with Crippen molar-refractivity contribution in [3.8, 4) is 0 Å². The number of nitrogens with two attached hydrogens (primary N) is 1. The van der Waals surface area contributed by atoms with Gasteiger partial charge in [0.25, 0.3) is 5.91 Å². The van der Waals surface area contributed by atoms with E-state index in [0.29, 0.717) is 18.4 Å². The monoisotopic (exact) mass is 330 g/mol. The Balaban J connectivity index is 2.10. The van der Waals surface area contributed by atoms with Gasteiger partial charge in [-0.2, -0.15) is 0 Å². The van der Waals surface area contributed by atoms with Crippen LogP contribution in [0.2, 0.25) is 5.02 Å². The standard InChI is InChI=1S/C14H19ClN2O3S/c1-9-3-2-4-10(9)8-17-14(18)11-5-12(15)7-13(6-11)21(16,19)20/h5-7,9-10H,2-4,8H2,1H3,(H,17,18)(H2,16,19,20). The molecule has 0 spiro atoms. The van der Waals surface area contributed by atoms with Crippen LogP contribution >= 0.6 is 11.6 Å². The molecule has 2 rings (SSSR count). The summed E-state index contributed by atoms with van der Waals surface area (Å²) in [4.78, 5) is 12.0. The fourth-order valence-corrected chi connectivity index (χ4v) is 3.59. The van der Waals surface area contributed by atoms with Crippen LogP contribution < -0.4 is 10.5 Å². The van der Waals surface area contributed by atoms with Gasteiger partial charge in [-0.1, -0.05) is 31.4 Å². The number of amides is 1. The molecule has 0 heterocycles. The van der Waals surface area contributed by atoms with Crippen LogP contribution in [0, 0.1) is 11.8 Å². The average Bonchev–Trinajstić information content (AvgIpc) is 2.79. The summed E-state index contributed by atoms with van der Waals surface area (Å²) < 4.78 is 22.7. The van der Waals surface area contributed by atoms with Crippen LogP contribution in [0.15, 0.2) is 23.1 Å². The van der Waals surface area contributed by atoms with Crippen molar-refractivity contribution in [2.24, 2.45) is 17.0 Å². The van der Waals surface area contributed by atoms with Crippen LogP contribution in [0.3, 0.4) is 0 Å². The van der Waals surface area contributed by atoms with E-state index in [1.807, 2.05) is 0 Å². The highest BCUT2D eigenvalue weighted by Gasteiger charge is 2.24. The predicted octanol–water partition coefficient (Wildman–Crippen LogP) is 2.15. The number of rotatable bonds is 4. The number of sulfonamides is 1. The smallest absolute Gasteiger partial charge is 0.251 e. The molecule has 1 aliphatic rings. The Labute approximate surface area is 129 Å². The Bertz CT molecular complexity index is 646. The number of carbonyl (C=O) groups is 1. The van der Waals surface area contributed by atoms with E-state index in [2.05, 4.69) is 12.2 Å². The molecular formula is C14H19ClN2O3S. The first-order chi connectivity index (χ1) is 9.77. The van der Waals surface area contributed by atoms with Crippen molar-refractivity contribution in [1.29, 1.82) is 0 Å². The van der Waals surface area contributed by atoms with Crippen molar-refractivity contribution in [3.63, 3.8) is 0 Å². The van der Waals surface area contributed by atoms with Gasteiger partial charge >= 0.3 is 0 Å². The quantitative estimate of drug-likeness (QED) is 0.886. The van der Waals surface area contributed by atoms with E-state index in [9.17, 15) is 13.2 Å². The highest BCUT2D eigenvalue weighted by Crippen LogP contribution is 2.30. The maximum absolute atomic E-state index is 12.1. The van der Waals surface area contributed by atoms with Gasteiger partial charge in [0.05, 0.1) is 4.90 Å². The predicted molar refractivity (Wildman–Crippen MR) is 81.7 cm³/mol. The van der Waals surface area contributed by atoms with Gasteiger partial charge in [0.1, 0.15) is 0 Å². The van der Waals surface area contributed by atoms with Gasteiger partial charge in [-0.3, -0.25) is 4.79 Å². The highest BCUT2D eigenvalue weighted by atomic mass is 35.5. The lowest BCUT2D eigenvalue weighted by molar-refractivity contribution is 0.0944. The zero-order chi connectivity index (χ0) is 15.6. The zero-order valence-corrected chi connectivity index (χ0v) is 13.4. The Kier molecular flexibility index (Phi) is 4.91. The van der Waals surface area contributed by atoms with Crippen molar-refractivity contribution in [2.75, 3.05) is 6.54 Å². The normalized spacial score (nSPS) is 22.2. The third kappa shape index (κ3) is 4.18.